The summed E-state index contributed by atoms with van der Waals surface area (Å²) < 4.78 is 5.52. The summed E-state index contributed by atoms with van der Waals surface area (Å²) in [6.07, 6.45) is 2.98. The minimum Gasteiger partial charge on any atom is -0.378 e. The van der Waals surface area contributed by atoms with Crippen molar-refractivity contribution in [1.82, 2.24) is 4.90 Å². The number of amides is 1. The molecule has 0 spiro atoms. The van der Waals surface area contributed by atoms with Crippen LogP contribution in [0.15, 0.2) is 0 Å². The van der Waals surface area contributed by atoms with Gasteiger partial charge in [-0.15, -0.1) is 0 Å². The summed E-state index contributed by atoms with van der Waals surface area (Å²) in [6.45, 7) is 5.46. The van der Waals surface area contributed by atoms with E-state index in [4.69, 9.17) is 4.74 Å². The van der Waals surface area contributed by atoms with Crippen molar-refractivity contribution >= 4 is 5.91 Å². The smallest absolute Gasteiger partial charge is 0.219 e. The number of hydrogen-bond acceptors (Lipinski definition) is 2. The fourth-order valence-electron chi connectivity index (χ4n) is 1.93. The van der Waals surface area contributed by atoms with Crippen LogP contribution >= 0.6 is 0 Å². The minimum absolute atomic E-state index is 0.0337. The largest absolute Gasteiger partial charge is 0.378 e. The number of hydrogen-bond donors (Lipinski definition) is 0. The van der Waals surface area contributed by atoms with Gasteiger partial charge in [0.2, 0.25) is 5.91 Å². The summed E-state index contributed by atoms with van der Waals surface area (Å²) in [5, 5.41) is 0. The third-order valence-corrected chi connectivity index (χ3v) is 3.20. The molecule has 0 aromatic rings. The van der Waals surface area contributed by atoms with Gasteiger partial charge in [0.15, 0.2) is 0 Å². The lowest BCUT2D eigenvalue weighted by molar-refractivity contribution is -0.134. The third kappa shape index (κ3) is 2.21. The molecule has 13 heavy (non-hydrogen) atoms. The van der Waals surface area contributed by atoms with Crippen molar-refractivity contribution in [2.75, 3.05) is 20.2 Å². The van der Waals surface area contributed by atoms with E-state index < -0.39 is 0 Å². The van der Waals surface area contributed by atoms with Crippen molar-refractivity contribution in [2.24, 2.45) is 0 Å². The first-order valence-corrected chi connectivity index (χ1v) is 4.94. The second-order valence-corrected chi connectivity index (χ2v) is 3.75. The Morgan fingerprint density at radius 2 is 2.00 bits per heavy atom. The number of ether oxygens (including phenoxy) is 1. The summed E-state index contributed by atoms with van der Waals surface area (Å²) in [6, 6.07) is 0. The zero-order chi connectivity index (χ0) is 9.90. The monoisotopic (exact) mass is 185 g/mol. The molecule has 0 radical (unpaired) electrons. The molecule has 1 rings (SSSR count). The normalized spacial score (nSPS) is 21.6. The van der Waals surface area contributed by atoms with Crippen LogP contribution in [0.4, 0.5) is 0 Å². The molecule has 1 aliphatic heterocycles. The van der Waals surface area contributed by atoms with Crippen LogP contribution in [0.1, 0.15) is 33.1 Å². The Labute approximate surface area is 80.1 Å². The molecule has 0 saturated carbocycles. The maximum absolute atomic E-state index is 11.1. The van der Waals surface area contributed by atoms with E-state index in [2.05, 4.69) is 6.92 Å². The van der Waals surface area contributed by atoms with E-state index in [1.54, 1.807) is 14.0 Å². The molecule has 0 aromatic heterocycles. The molecular weight excluding hydrogens is 166 g/mol. The van der Waals surface area contributed by atoms with Crippen LogP contribution < -0.4 is 0 Å². The molecule has 0 atom stereocenters. The van der Waals surface area contributed by atoms with Crippen molar-refractivity contribution in [3.63, 3.8) is 0 Å². The molecule has 76 valence electrons. The third-order valence-electron chi connectivity index (χ3n) is 3.20. The summed E-state index contributed by atoms with van der Waals surface area (Å²) in [7, 11) is 1.77. The first-order valence-electron chi connectivity index (χ1n) is 4.94. The summed E-state index contributed by atoms with van der Waals surface area (Å²) in [5.41, 5.74) is 0.0337. The molecule has 1 amide bonds. The van der Waals surface area contributed by atoms with Gasteiger partial charge in [0.25, 0.3) is 0 Å². The number of likely N-dealkylation sites (tertiary alicyclic amines) is 1. The zero-order valence-corrected chi connectivity index (χ0v) is 8.80. The van der Waals surface area contributed by atoms with Crippen molar-refractivity contribution in [3.05, 3.63) is 0 Å². The van der Waals surface area contributed by atoms with Gasteiger partial charge < -0.3 is 9.64 Å². The second-order valence-electron chi connectivity index (χ2n) is 3.75. The van der Waals surface area contributed by atoms with Crippen LogP contribution in [0, 0.1) is 0 Å². The van der Waals surface area contributed by atoms with Crippen LogP contribution in [0.3, 0.4) is 0 Å². The Hall–Kier alpha value is -0.570. The van der Waals surface area contributed by atoms with Crippen LogP contribution in [0.2, 0.25) is 0 Å². The van der Waals surface area contributed by atoms with Gasteiger partial charge >= 0.3 is 0 Å². The van der Waals surface area contributed by atoms with E-state index in [9.17, 15) is 4.79 Å². The number of carbonyl (C=O) groups is 1. The Bertz CT molecular complexity index is 177. The molecule has 0 N–H and O–H groups in total. The summed E-state index contributed by atoms with van der Waals surface area (Å²) in [4.78, 5) is 13.0. The lowest BCUT2D eigenvalue weighted by Gasteiger charge is -2.40. The number of methoxy groups -OCH3 is 1. The first-order chi connectivity index (χ1) is 6.13. The average Bonchev–Trinajstić information content (AvgIpc) is 2.18. The van der Waals surface area contributed by atoms with Gasteiger partial charge in [-0.3, -0.25) is 4.79 Å². The van der Waals surface area contributed by atoms with Gasteiger partial charge in [-0.05, 0) is 19.3 Å². The van der Waals surface area contributed by atoms with E-state index >= 15 is 0 Å². The molecule has 0 unspecified atom stereocenters. The van der Waals surface area contributed by atoms with Gasteiger partial charge in [0.05, 0.1) is 5.60 Å². The van der Waals surface area contributed by atoms with E-state index in [0.717, 1.165) is 32.4 Å². The lowest BCUT2D eigenvalue weighted by Crippen LogP contribution is -2.46. The highest BCUT2D eigenvalue weighted by atomic mass is 16.5. The van der Waals surface area contributed by atoms with Gasteiger partial charge in [0, 0.05) is 27.1 Å². The highest BCUT2D eigenvalue weighted by Gasteiger charge is 2.33. The lowest BCUT2D eigenvalue weighted by atomic mass is 9.88. The average molecular weight is 185 g/mol. The molecule has 3 nitrogen and oxygen atoms in total. The van der Waals surface area contributed by atoms with Crippen molar-refractivity contribution in [3.8, 4) is 0 Å². The topological polar surface area (TPSA) is 29.5 Å². The Kier molecular flexibility index (Phi) is 3.31. The Balaban J connectivity index is 2.50. The number of rotatable bonds is 2. The summed E-state index contributed by atoms with van der Waals surface area (Å²) in [5.74, 6) is 0.181. The molecule has 1 heterocycles. The van der Waals surface area contributed by atoms with E-state index in [-0.39, 0.29) is 11.5 Å². The predicted molar refractivity (Wildman–Crippen MR) is 51.5 cm³/mol. The van der Waals surface area contributed by atoms with Gasteiger partial charge in [-0.25, -0.2) is 0 Å². The van der Waals surface area contributed by atoms with Crippen LogP contribution in [0.5, 0.6) is 0 Å². The van der Waals surface area contributed by atoms with Gasteiger partial charge in [-0.1, -0.05) is 6.92 Å². The maximum atomic E-state index is 11.1. The molecule has 1 aliphatic rings. The standard InChI is InChI=1S/C10H19NO2/c1-4-10(13-3)5-7-11(8-6-10)9(2)12/h4-8H2,1-3H3. The molecule has 1 saturated heterocycles. The Morgan fingerprint density at radius 3 is 2.31 bits per heavy atom. The number of piperidine rings is 1. The fourth-order valence-corrected chi connectivity index (χ4v) is 1.93. The predicted octanol–water partition coefficient (Wildman–Crippen LogP) is 1.42. The van der Waals surface area contributed by atoms with Crippen LogP contribution in [-0.4, -0.2) is 36.6 Å². The number of nitrogens with zero attached hydrogens (tertiary/aromatic N) is 1. The van der Waals surface area contributed by atoms with Crippen molar-refractivity contribution in [2.45, 2.75) is 38.7 Å². The van der Waals surface area contributed by atoms with Gasteiger partial charge in [-0.2, -0.15) is 0 Å². The van der Waals surface area contributed by atoms with Crippen molar-refractivity contribution < 1.29 is 9.53 Å². The van der Waals surface area contributed by atoms with Gasteiger partial charge in [0.1, 0.15) is 0 Å². The van der Waals surface area contributed by atoms with E-state index in [1.165, 1.54) is 0 Å². The zero-order valence-electron chi connectivity index (χ0n) is 8.80. The molecule has 1 fully saturated rings. The van der Waals surface area contributed by atoms with E-state index in [1.807, 2.05) is 4.90 Å². The van der Waals surface area contributed by atoms with Crippen LogP contribution in [0.25, 0.3) is 0 Å². The van der Waals surface area contributed by atoms with Crippen LogP contribution in [-0.2, 0) is 9.53 Å². The number of carbonyl (C=O) groups excluding carboxylic acids is 1. The second kappa shape index (κ2) is 4.09. The molecule has 0 bridgehead atoms. The summed E-state index contributed by atoms with van der Waals surface area (Å²) >= 11 is 0. The molecule has 0 aliphatic carbocycles. The van der Waals surface area contributed by atoms with E-state index in [0.29, 0.717) is 0 Å². The minimum atomic E-state index is 0.0337. The fraction of sp³-hybridized carbons (Fsp3) is 0.900. The SMILES string of the molecule is CCC1(OC)CCN(C(C)=O)CC1. The highest BCUT2D eigenvalue weighted by molar-refractivity contribution is 5.73. The molecular formula is C10H19NO2. The first kappa shape index (κ1) is 10.5. The Morgan fingerprint density at radius 1 is 1.46 bits per heavy atom. The maximum Gasteiger partial charge on any atom is 0.219 e. The quantitative estimate of drug-likeness (QED) is 0.651. The highest BCUT2D eigenvalue weighted by Crippen LogP contribution is 2.28. The molecule has 0 aromatic carbocycles. The molecule has 3 heteroatoms. The van der Waals surface area contributed by atoms with Crippen molar-refractivity contribution in [1.29, 1.82) is 0 Å².